The van der Waals surface area contributed by atoms with Gasteiger partial charge in [0.2, 0.25) is 0 Å². The summed E-state index contributed by atoms with van der Waals surface area (Å²) >= 11 is 0. The summed E-state index contributed by atoms with van der Waals surface area (Å²) in [4.78, 5) is 29.8. The lowest BCUT2D eigenvalue weighted by molar-refractivity contribution is -0.148. The molecule has 1 aliphatic heterocycles. The lowest BCUT2D eigenvalue weighted by Gasteiger charge is -2.25. The minimum atomic E-state index is -1.08. The van der Waals surface area contributed by atoms with E-state index in [4.69, 9.17) is 4.74 Å². The number of carboxylic acid groups (broad SMARTS) is 1. The summed E-state index contributed by atoms with van der Waals surface area (Å²) in [7, 11) is 0. The topological polar surface area (TPSA) is 116 Å². The molecule has 0 spiro atoms. The number of imidazole rings is 1. The zero-order chi connectivity index (χ0) is 14.6. The Balaban J connectivity index is 1.78. The van der Waals surface area contributed by atoms with Crippen molar-refractivity contribution < 1.29 is 19.4 Å². The van der Waals surface area contributed by atoms with Crippen molar-refractivity contribution in [3.63, 3.8) is 0 Å². The van der Waals surface area contributed by atoms with Crippen LogP contribution < -0.4 is 10.6 Å². The number of ether oxygens (including phenoxy) is 1. The van der Waals surface area contributed by atoms with Crippen molar-refractivity contribution in [1.29, 1.82) is 0 Å². The van der Waals surface area contributed by atoms with Gasteiger partial charge in [0.25, 0.3) is 0 Å². The fourth-order valence-corrected chi connectivity index (χ4v) is 2.03. The van der Waals surface area contributed by atoms with E-state index in [1.54, 1.807) is 19.4 Å². The molecular weight excluding hydrogens is 264 g/mol. The first-order chi connectivity index (χ1) is 9.52. The van der Waals surface area contributed by atoms with E-state index in [9.17, 15) is 14.7 Å². The third-order valence-corrected chi connectivity index (χ3v) is 3.48. The molecule has 4 N–H and O–H groups in total. The molecule has 0 aromatic carbocycles. The van der Waals surface area contributed by atoms with E-state index in [0.29, 0.717) is 13.0 Å². The van der Waals surface area contributed by atoms with Crippen LogP contribution in [0.3, 0.4) is 0 Å². The highest BCUT2D eigenvalue weighted by Gasteiger charge is 2.47. The predicted molar refractivity (Wildman–Crippen MR) is 69.2 cm³/mol. The molecule has 8 nitrogen and oxygen atoms in total. The van der Waals surface area contributed by atoms with Gasteiger partial charge in [-0.2, -0.15) is 0 Å². The quantitative estimate of drug-likeness (QED) is 0.594. The van der Waals surface area contributed by atoms with Crippen LogP contribution in [0.15, 0.2) is 12.5 Å². The molecule has 0 radical (unpaired) electrons. The number of H-pyrrole nitrogens is 1. The molecule has 20 heavy (non-hydrogen) atoms. The number of carbonyl (C=O) groups excluding carboxylic acids is 1. The Bertz CT molecular complexity index is 476. The fourth-order valence-electron chi connectivity index (χ4n) is 2.03. The van der Waals surface area contributed by atoms with Crippen LogP contribution in [0.4, 0.5) is 4.79 Å². The van der Waals surface area contributed by atoms with Gasteiger partial charge < -0.3 is 25.5 Å². The molecular formula is C12H18N4O4. The van der Waals surface area contributed by atoms with Crippen LogP contribution in [0, 0.1) is 5.41 Å². The molecule has 2 atom stereocenters. The monoisotopic (exact) mass is 282 g/mol. The number of amides is 2. The van der Waals surface area contributed by atoms with E-state index in [0.717, 1.165) is 5.69 Å². The van der Waals surface area contributed by atoms with E-state index in [2.05, 4.69) is 20.6 Å². The standard InChI is InChI=1S/C12H18N4O4/c1-12(10(17)18)6-20-5-9(12)16-11(19)14-3-2-8-4-13-7-15-8/h4,7,9H,2-3,5-6H2,1H3,(H,13,15)(H,17,18)(H2,14,16,19). The maximum absolute atomic E-state index is 11.7. The van der Waals surface area contributed by atoms with Gasteiger partial charge in [0.05, 0.1) is 25.6 Å². The average Bonchev–Trinajstić information content (AvgIpc) is 3.01. The molecule has 2 rings (SSSR count). The first kappa shape index (κ1) is 14.3. The van der Waals surface area contributed by atoms with Crippen molar-refractivity contribution in [1.82, 2.24) is 20.6 Å². The van der Waals surface area contributed by atoms with Crippen molar-refractivity contribution in [2.24, 2.45) is 5.41 Å². The van der Waals surface area contributed by atoms with Crippen molar-refractivity contribution in [3.05, 3.63) is 18.2 Å². The maximum atomic E-state index is 11.7. The normalized spacial score (nSPS) is 25.4. The van der Waals surface area contributed by atoms with Crippen LogP contribution in [0.25, 0.3) is 0 Å². The third kappa shape index (κ3) is 3.08. The van der Waals surface area contributed by atoms with Gasteiger partial charge >= 0.3 is 12.0 Å². The number of carboxylic acids is 1. The summed E-state index contributed by atoms with van der Waals surface area (Å²) in [6.07, 6.45) is 3.89. The van der Waals surface area contributed by atoms with Gasteiger partial charge in [-0.1, -0.05) is 0 Å². The van der Waals surface area contributed by atoms with E-state index >= 15 is 0 Å². The van der Waals surface area contributed by atoms with Gasteiger partial charge in [-0.25, -0.2) is 9.78 Å². The number of hydrogen-bond donors (Lipinski definition) is 4. The fraction of sp³-hybridized carbons (Fsp3) is 0.583. The molecule has 110 valence electrons. The summed E-state index contributed by atoms with van der Waals surface area (Å²) in [6.45, 7) is 2.31. The molecule has 8 heteroatoms. The van der Waals surface area contributed by atoms with E-state index in [-0.39, 0.29) is 13.2 Å². The molecule has 2 amide bonds. The lowest BCUT2D eigenvalue weighted by Crippen LogP contribution is -2.52. The highest BCUT2D eigenvalue weighted by Crippen LogP contribution is 2.28. The summed E-state index contributed by atoms with van der Waals surface area (Å²) in [5, 5.41) is 14.5. The summed E-state index contributed by atoms with van der Waals surface area (Å²) in [6, 6.07) is -0.931. The van der Waals surface area contributed by atoms with Crippen LogP contribution in [-0.4, -0.2) is 52.9 Å². The minimum absolute atomic E-state index is 0.0986. The van der Waals surface area contributed by atoms with Gasteiger partial charge in [-0.3, -0.25) is 4.79 Å². The largest absolute Gasteiger partial charge is 0.481 e. The first-order valence-corrected chi connectivity index (χ1v) is 6.35. The molecule has 2 unspecified atom stereocenters. The number of rotatable bonds is 5. The second-order valence-corrected chi connectivity index (χ2v) is 5.02. The molecule has 0 aliphatic carbocycles. The average molecular weight is 282 g/mol. The van der Waals surface area contributed by atoms with Crippen molar-refractivity contribution >= 4 is 12.0 Å². The smallest absolute Gasteiger partial charge is 0.315 e. The SMILES string of the molecule is CC1(C(=O)O)COCC1NC(=O)NCCc1cnc[nH]1. The third-order valence-electron chi connectivity index (χ3n) is 3.48. The van der Waals surface area contributed by atoms with E-state index < -0.39 is 23.5 Å². The number of aliphatic carboxylic acids is 1. The summed E-state index contributed by atoms with van der Waals surface area (Å²) < 4.78 is 5.16. The van der Waals surface area contributed by atoms with E-state index in [1.165, 1.54) is 0 Å². The number of nitrogens with zero attached hydrogens (tertiary/aromatic N) is 1. The van der Waals surface area contributed by atoms with Gasteiger partial charge in [0, 0.05) is 24.9 Å². The molecule has 2 heterocycles. The number of aromatic nitrogens is 2. The van der Waals surface area contributed by atoms with Gasteiger partial charge in [-0.05, 0) is 6.92 Å². The minimum Gasteiger partial charge on any atom is -0.481 e. The van der Waals surface area contributed by atoms with Gasteiger partial charge in [-0.15, -0.1) is 0 Å². The number of aromatic amines is 1. The second-order valence-electron chi connectivity index (χ2n) is 5.02. The Morgan fingerprint density at radius 2 is 2.45 bits per heavy atom. The molecule has 1 aromatic rings. The van der Waals surface area contributed by atoms with Crippen molar-refractivity contribution in [3.8, 4) is 0 Å². The Labute approximate surface area is 115 Å². The Hall–Kier alpha value is -2.09. The zero-order valence-electron chi connectivity index (χ0n) is 11.2. The van der Waals surface area contributed by atoms with E-state index in [1.807, 2.05) is 0 Å². The van der Waals surface area contributed by atoms with Crippen molar-refractivity contribution in [2.75, 3.05) is 19.8 Å². The Morgan fingerprint density at radius 3 is 3.10 bits per heavy atom. The number of hydrogen-bond acceptors (Lipinski definition) is 4. The molecule has 1 fully saturated rings. The highest BCUT2D eigenvalue weighted by atomic mass is 16.5. The van der Waals surface area contributed by atoms with Gasteiger partial charge in [0.15, 0.2) is 0 Å². The lowest BCUT2D eigenvalue weighted by atomic mass is 9.85. The summed E-state index contributed by atoms with van der Waals surface area (Å²) in [5.41, 5.74) is -0.161. The van der Waals surface area contributed by atoms with Crippen molar-refractivity contribution in [2.45, 2.75) is 19.4 Å². The van der Waals surface area contributed by atoms with Crippen LogP contribution >= 0.6 is 0 Å². The van der Waals surface area contributed by atoms with Gasteiger partial charge in [0.1, 0.15) is 5.41 Å². The highest BCUT2D eigenvalue weighted by molar-refractivity contribution is 5.79. The van der Waals surface area contributed by atoms with Crippen LogP contribution in [-0.2, 0) is 16.0 Å². The molecule has 1 aromatic heterocycles. The molecule has 1 aliphatic rings. The molecule has 1 saturated heterocycles. The number of carbonyl (C=O) groups is 2. The second kappa shape index (κ2) is 5.91. The Kier molecular flexibility index (Phi) is 4.23. The summed E-state index contributed by atoms with van der Waals surface area (Å²) in [5.74, 6) is -0.974. The van der Waals surface area contributed by atoms with Crippen LogP contribution in [0.5, 0.6) is 0 Å². The zero-order valence-corrected chi connectivity index (χ0v) is 11.2. The van der Waals surface area contributed by atoms with Crippen LogP contribution in [0.1, 0.15) is 12.6 Å². The number of nitrogens with one attached hydrogen (secondary N) is 3. The molecule has 0 saturated carbocycles. The molecule has 0 bridgehead atoms. The first-order valence-electron chi connectivity index (χ1n) is 6.35. The van der Waals surface area contributed by atoms with Crippen LogP contribution in [0.2, 0.25) is 0 Å². The predicted octanol–water partition coefficient (Wildman–Crippen LogP) is -0.259. The maximum Gasteiger partial charge on any atom is 0.315 e. The Morgan fingerprint density at radius 1 is 1.65 bits per heavy atom. The number of urea groups is 1.